The number of Topliss-reactive ketones (excluding diaryl/α,β-unsaturated/α-hetero) is 2. The molecule has 0 radical (unpaired) electrons. The number of rotatable bonds is 3. The molecule has 23 heavy (non-hydrogen) atoms. The fourth-order valence-corrected chi connectivity index (χ4v) is 6.30. The predicted octanol–water partition coefficient (Wildman–Crippen LogP) is 3.78. The van der Waals surface area contributed by atoms with Gasteiger partial charge in [0.1, 0.15) is 11.6 Å². The summed E-state index contributed by atoms with van der Waals surface area (Å²) >= 11 is 0. The molecule has 3 heteroatoms. The third-order valence-electron chi connectivity index (χ3n) is 8.15. The van der Waals surface area contributed by atoms with Crippen LogP contribution in [-0.4, -0.2) is 23.3 Å². The average molecular weight is 320 g/mol. The van der Waals surface area contributed by atoms with E-state index >= 15 is 0 Å². The Morgan fingerprint density at radius 1 is 1.13 bits per heavy atom. The first-order valence-electron chi connectivity index (χ1n) is 9.52. The van der Waals surface area contributed by atoms with Crippen LogP contribution >= 0.6 is 0 Å². The number of hydrogen-bond donors (Lipinski definition) is 1. The molecule has 1 N–H and O–H groups in total. The first kappa shape index (κ1) is 17.1. The number of aliphatic hydroxyl groups is 1. The number of ketones is 2. The van der Waals surface area contributed by atoms with Gasteiger partial charge in [0.05, 0.1) is 0 Å². The summed E-state index contributed by atoms with van der Waals surface area (Å²) < 4.78 is 0. The molecule has 3 nitrogen and oxygen atoms in total. The normalized spacial score (nSPS) is 47.7. The average Bonchev–Trinajstić information content (AvgIpc) is 2.83. The molecular formula is C20H32O3. The number of carbonyl (C=O) groups is 2. The van der Waals surface area contributed by atoms with Crippen LogP contribution in [0.1, 0.15) is 72.1 Å². The van der Waals surface area contributed by atoms with Crippen molar-refractivity contribution >= 4 is 11.6 Å². The number of carbonyl (C=O) groups excluding carboxylic acids is 2. The fourth-order valence-electron chi connectivity index (χ4n) is 6.30. The highest BCUT2D eigenvalue weighted by atomic mass is 16.3. The summed E-state index contributed by atoms with van der Waals surface area (Å²) in [7, 11) is 0. The Labute approximate surface area is 140 Å². The molecule has 0 spiro atoms. The number of fused-ring (bicyclic) bond motifs is 1. The van der Waals surface area contributed by atoms with Crippen LogP contribution in [0.4, 0.5) is 0 Å². The van der Waals surface area contributed by atoms with Crippen LogP contribution in [0.15, 0.2) is 0 Å². The fraction of sp³-hybridized carbons (Fsp3) is 0.900. The molecule has 0 heterocycles. The smallest absolute Gasteiger partial charge is 0.139 e. The molecule has 3 aliphatic rings. The van der Waals surface area contributed by atoms with Gasteiger partial charge in [-0.05, 0) is 61.2 Å². The first-order valence-corrected chi connectivity index (χ1v) is 9.52. The summed E-state index contributed by atoms with van der Waals surface area (Å²) in [5.74, 6) is 2.35. The molecule has 6 atom stereocenters. The van der Waals surface area contributed by atoms with Crippen LogP contribution in [0.5, 0.6) is 0 Å². The summed E-state index contributed by atoms with van der Waals surface area (Å²) in [6.07, 6.45) is 7.07. The van der Waals surface area contributed by atoms with Crippen LogP contribution in [-0.2, 0) is 9.59 Å². The van der Waals surface area contributed by atoms with Crippen LogP contribution < -0.4 is 0 Å². The van der Waals surface area contributed by atoms with Crippen LogP contribution in [0.3, 0.4) is 0 Å². The van der Waals surface area contributed by atoms with E-state index in [0.717, 1.165) is 32.1 Å². The van der Waals surface area contributed by atoms with Crippen molar-refractivity contribution in [3.05, 3.63) is 0 Å². The molecular weight excluding hydrogens is 288 g/mol. The van der Waals surface area contributed by atoms with E-state index in [9.17, 15) is 14.7 Å². The molecule has 0 aromatic heterocycles. The second-order valence-electron chi connectivity index (χ2n) is 8.82. The van der Waals surface area contributed by atoms with Gasteiger partial charge in [-0.3, -0.25) is 9.59 Å². The molecule has 3 fully saturated rings. The maximum absolute atomic E-state index is 12.5. The second kappa shape index (κ2) is 5.98. The predicted molar refractivity (Wildman–Crippen MR) is 89.9 cm³/mol. The topological polar surface area (TPSA) is 54.4 Å². The Morgan fingerprint density at radius 2 is 1.87 bits per heavy atom. The molecule has 3 saturated carbocycles. The van der Waals surface area contributed by atoms with Gasteiger partial charge in [-0.1, -0.05) is 20.8 Å². The Kier molecular flexibility index (Phi) is 4.46. The minimum Gasteiger partial charge on any atom is -0.396 e. The first-order chi connectivity index (χ1) is 10.9. The van der Waals surface area contributed by atoms with Gasteiger partial charge in [0, 0.05) is 31.3 Å². The van der Waals surface area contributed by atoms with Crippen molar-refractivity contribution in [1.82, 2.24) is 0 Å². The molecule has 0 aromatic rings. The van der Waals surface area contributed by atoms with Crippen molar-refractivity contribution in [1.29, 1.82) is 0 Å². The largest absolute Gasteiger partial charge is 0.396 e. The standard InChI is InChI=1S/C20H32O3/c1-4-19(2)16(7-8-18(19)23)15-6-5-13-11-14(22)9-10-20(13,3)17(15)12-21/h13,15-17,21H,4-12H2,1-3H3. The lowest BCUT2D eigenvalue weighted by Gasteiger charge is -2.55. The van der Waals surface area contributed by atoms with Crippen molar-refractivity contribution in [2.45, 2.75) is 72.1 Å². The van der Waals surface area contributed by atoms with Crippen molar-refractivity contribution < 1.29 is 14.7 Å². The molecule has 0 aliphatic heterocycles. The van der Waals surface area contributed by atoms with Crippen molar-refractivity contribution in [3.63, 3.8) is 0 Å². The summed E-state index contributed by atoms with van der Waals surface area (Å²) in [4.78, 5) is 24.4. The van der Waals surface area contributed by atoms with Crippen molar-refractivity contribution in [2.24, 2.45) is 34.5 Å². The number of hydrogen-bond acceptors (Lipinski definition) is 3. The highest BCUT2D eigenvalue weighted by Gasteiger charge is 2.56. The van der Waals surface area contributed by atoms with Gasteiger partial charge in [-0.15, -0.1) is 0 Å². The maximum Gasteiger partial charge on any atom is 0.139 e. The van der Waals surface area contributed by atoms with Crippen molar-refractivity contribution in [3.8, 4) is 0 Å². The van der Waals surface area contributed by atoms with Gasteiger partial charge in [-0.25, -0.2) is 0 Å². The summed E-state index contributed by atoms with van der Waals surface area (Å²) in [6.45, 7) is 6.80. The third kappa shape index (κ3) is 2.50. The lowest BCUT2D eigenvalue weighted by atomic mass is 9.49. The van der Waals surface area contributed by atoms with E-state index in [1.54, 1.807) is 0 Å². The molecule has 3 rings (SSSR count). The zero-order valence-electron chi connectivity index (χ0n) is 14.9. The van der Waals surface area contributed by atoms with Crippen molar-refractivity contribution in [2.75, 3.05) is 6.61 Å². The van der Waals surface area contributed by atoms with E-state index in [-0.39, 0.29) is 23.4 Å². The molecule has 3 aliphatic carbocycles. The van der Waals surface area contributed by atoms with E-state index in [4.69, 9.17) is 0 Å². The SMILES string of the molecule is CCC1(C)C(=O)CCC1C1CCC2CC(=O)CCC2(C)C1CO. The zero-order valence-corrected chi connectivity index (χ0v) is 14.9. The number of aliphatic hydroxyl groups excluding tert-OH is 1. The quantitative estimate of drug-likeness (QED) is 0.861. The van der Waals surface area contributed by atoms with Crippen LogP contribution in [0.25, 0.3) is 0 Å². The molecule has 0 bridgehead atoms. The Bertz CT molecular complexity index is 499. The van der Waals surface area contributed by atoms with E-state index in [2.05, 4.69) is 20.8 Å². The van der Waals surface area contributed by atoms with Gasteiger partial charge >= 0.3 is 0 Å². The molecule has 130 valence electrons. The van der Waals surface area contributed by atoms with Crippen LogP contribution in [0.2, 0.25) is 0 Å². The highest BCUT2D eigenvalue weighted by Crippen LogP contribution is 2.60. The minimum atomic E-state index is -0.203. The second-order valence-corrected chi connectivity index (χ2v) is 8.82. The van der Waals surface area contributed by atoms with E-state index in [0.29, 0.717) is 48.6 Å². The van der Waals surface area contributed by atoms with Gasteiger partial charge in [0.25, 0.3) is 0 Å². The lowest BCUT2D eigenvalue weighted by molar-refractivity contribution is -0.138. The summed E-state index contributed by atoms with van der Waals surface area (Å²) in [5.41, 5.74) is -0.127. The van der Waals surface area contributed by atoms with Gasteiger partial charge in [0.2, 0.25) is 0 Å². The molecule has 0 saturated heterocycles. The summed E-state index contributed by atoms with van der Waals surface area (Å²) in [6, 6.07) is 0. The van der Waals surface area contributed by atoms with Gasteiger partial charge in [0.15, 0.2) is 0 Å². The van der Waals surface area contributed by atoms with Crippen LogP contribution in [0, 0.1) is 34.5 Å². The minimum absolute atomic E-state index is 0.0753. The molecule has 6 unspecified atom stereocenters. The lowest BCUT2D eigenvalue weighted by Crippen LogP contribution is -2.51. The van der Waals surface area contributed by atoms with E-state index in [1.165, 1.54) is 0 Å². The zero-order chi connectivity index (χ0) is 16.8. The van der Waals surface area contributed by atoms with E-state index < -0.39 is 0 Å². The van der Waals surface area contributed by atoms with Gasteiger partial charge < -0.3 is 5.11 Å². The van der Waals surface area contributed by atoms with Gasteiger partial charge in [-0.2, -0.15) is 0 Å². The Balaban J connectivity index is 1.89. The molecule has 0 aromatic carbocycles. The maximum atomic E-state index is 12.5. The van der Waals surface area contributed by atoms with E-state index in [1.807, 2.05) is 0 Å². The molecule has 0 amide bonds. The summed E-state index contributed by atoms with van der Waals surface area (Å²) in [5, 5.41) is 10.2. The highest BCUT2D eigenvalue weighted by molar-refractivity contribution is 5.87. The Morgan fingerprint density at radius 3 is 2.52 bits per heavy atom. The Hall–Kier alpha value is -0.700. The third-order valence-corrected chi connectivity index (χ3v) is 8.15. The monoisotopic (exact) mass is 320 g/mol.